The standard InChI is InChI=1S/C16H24N6O10/c1-28-9(29-2)5-7-17-11-14(20(23)24)12(18-8-6-10(30-3)31-4)16-13(15(11)21(25)26)19-32-22(16)27/h9-10,17-18H,5-8H2,1-4H3. The average molecular weight is 460 g/mol. The van der Waals surface area contributed by atoms with Crippen LogP contribution < -0.4 is 15.5 Å². The Labute approximate surface area is 181 Å². The minimum absolute atomic E-state index is 0.0175. The summed E-state index contributed by atoms with van der Waals surface area (Å²) in [6.07, 6.45) is -0.794. The molecule has 1 aromatic heterocycles. The van der Waals surface area contributed by atoms with E-state index >= 15 is 0 Å². The fourth-order valence-corrected chi connectivity index (χ4v) is 3.07. The second-order valence-corrected chi connectivity index (χ2v) is 6.32. The molecule has 0 saturated carbocycles. The van der Waals surface area contributed by atoms with Gasteiger partial charge in [-0.15, -0.1) is 0 Å². The molecule has 16 nitrogen and oxygen atoms in total. The van der Waals surface area contributed by atoms with Crippen LogP contribution in [0.2, 0.25) is 0 Å². The molecule has 2 aromatic rings. The van der Waals surface area contributed by atoms with E-state index in [0.29, 0.717) is 0 Å². The van der Waals surface area contributed by atoms with Crippen molar-refractivity contribution in [2.45, 2.75) is 25.4 Å². The first-order valence-electron chi connectivity index (χ1n) is 9.27. The van der Waals surface area contributed by atoms with Gasteiger partial charge in [0.15, 0.2) is 24.0 Å². The van der Waals surface area contributed by atoms with Crippen LogP contribution in [0.3, 0.4) is 0 Å². The molecule has 1 heterocycles. The third-order valence-corrected chi connectivity index (χ3v) is 4.57. The SMILES string of the molecule is COC(CCNc1c([N+](=O)[O-])c(NCCC(OC)OC)c2c(no[n+]2[O-])c1[N+](=O)[O-])OC. The third kappa shape index (κ3) is 5.28. The number of hydrogen-bond acceptors (Lipinski definition) is 13. The van der Waals surface area contributed by atoms with Crippen LogP contribution in [0.15, 0.2) is 4.63 Å². The van der Waals surface area contributed by atoms with E-state index in [0.717, 1.165) is 0 Å². The molecule has 178 valence electrons. The van der Waals surface area contributed by atoms with Crippen LogP contribution in [0.4, 0.5) is 22.7 Å². The lowest BCUT2D eigenvalue weighted by atomic mass is 10.1. The zero-order valence-corrected chi connectivity index (χ0v) is 17.9. The summed E-state index contributed by atoms with van der Waals surface area (Å²) in [5, 5.41) is 44.8. The summed E-state index contributed by atoms with van der Waals surface area (Å²) in [4.78, 5) is 21.9. The van der Waals surface area contributed by atoms with Crippen LogP contribution in [-0.2, 0) is 18.9 Å². The summed E-state index contributed by atoms with van der Waals surface area (Å²) in [7, 11) is 5.65. The Morgan fingerprint density at radius 1 is 0.906 bits per heavy atom. The van der Waals surface area contributed by atoms with Gasteiger partial charge in [-0.3, -0.25) is 24.9 Å². The predicted molar refractivity (Wildman–Crippen MR) is 108 cm³/mol. The molecule has 2 N–H and O–H groups in total. The number of rotatable bonds is 14. The van der Waals surface area contributed by atoms with Crippen LogP contribution in [0.5, 0.6) is 0 Å². The largest absolute Gasteiger partial charge is 0.375 e. The van der Waals surface area contributed by atoms with E-state index in [4.69, 9.17) is 18.9 Å². The molecule has 32 heavy (non-hydrogen) atoms. The van der Waals surface area contributed by atoms with Crippen molar-refractivity contribution in [2.24, 2.45) is 0 Å². The number of nitro benzene ring substituents is 2. The number of nitrogens with one attached hydrogen (secondary N) is 2. The molecular formula is C16H24N6O10. The predicted octanol–water partition coefficient (Wildman–Crippen LogP) is 1.12. The van der Waals surface area contributed by atoms with Crippen molar-refractivity contribution in [1.82, 2.24) is 5.16 Å². The molecule has 0 unspecified atom stereocenters. The molecule has 0 atom stereocenters. The molecule has 0 bridgehead atoms. The van der Waals surface area contributed by atoms with Gasteiger partial charge in [0.2, 0.25) is 0 Å². The van der Waals surface area contributed by atoms with Crippen LogP contribution >= 0.6 is 0 Å². The number of fused-ring (bicyclic) bond motifs is 1. The lowest BCUT2D eigenvalue weighted by Gasteiger charge is -2.16. The maximum atomic E-state index is 12.2. The van der Waals surface area contributed by atoms with E-state index in [1.54, 1.807) is 0 Å². The van der Waals surface area contributed by atoms with Gasteiger partial charge in [-0.1, -0.05) is 0 Å². The topological polar surface area (TPSA) is 200 Å². The van der Waals surface area contributed by atoms with E-state index in [1.807, 2.05) is 0 Å². The zero-order chi connectivity index (χ0) is 23.8. The first-order valence-corrected chi connectivity index (χ1v) is 9.27. The van der Waals surface area contributed by atoms with Crippen molar-refractivity contribution in [2.75, 3.05) is 52.2 Å². The summed E-state index contributed by atoms with van der Waals surface area (Å²) in [5.74, 6) is 0. The van der Waals surface area contributed by atoms with E-state index in [9.17, 15) is 25.4 Å². The smallest absolute Gasteiger partial charge is 0.357 e. The number of nitro groups is 2. The molecule has 0 saturated heterocycles. The Morgan fingerprint density at radius 3 is 1.81 bits per heavy atom. The van der Waals surface area contributed by atoms with Gasteiger partial charge >= 0.3 is 16.9 Å². The molecule has 16 heteroatoms. The lowest BCUT2D eigenvalue weighted by Crippen LogP contribution is -2.26. The highest BCUT2D eigenvalue weighted by molar-refractivity contribution is 6.05. The van der Waals surface area contributed by atoms with Gasteiger partial charge in [0, 0.05) is 54.4 Å². The minimum atomic E-state index is -0.875. The van der Waals surface area contributed by atoms with Crippen molar-refractivity contribution < 1.29 is 38.3 Å². The Hall–Kier alpha value is -3.34. The number of nitrogens with zero attached hydrogens (tertiary/aromatic N) is 4. The van der Waals surface area contributed by atoms with Crippen LogP contribution in [0.1, 0.15) is 12.8 Å². The van der Waals surface area contributed by atoms with Crippen molar-refractivity contribution in [3.63, 3.8) is 0 Å². The maximum Gasteiger partial charge on any atom is 0.357 e. The van der Waals surface area contributed by atoms with Crippen LogP contribution in [0, 0.1) is 25.4 Å². The molecule has 1 aromatic carbocycles. The van der Waals surface area contributed by atoms with Crippen LogP contribution in [-0.4, -0.2) is 69.1 Å². The first kappa shape index (κ1) is 24.9. The highest BCUT2D eigenvalue weighted by Crippen LogP contribution is 2.45. The molecule has 0 fully saturated rings. The molecule has 0 spiro atoms. The summed E-state index contributed by atoms with van der Waals surface area (Å²) in [5.41, 5.74) is -3.15. The molecule has 0 amide bonds. The normalized spacial score (nSPS) is 11.4. The molecule has 0 radical (unpaired) electrons. The van der Waals surface area contributed by atoms with Gasteiger partial charge in [-0.05, 0) is 4.90 Å². The first-order chi connectivity index (χ1) is 15.3. The lowest BCUT2D eigenvalue weighted by molar-refractivity contribution is -0.782. The van der Waals surface area contributed by atoms with Gasteiger partial charge in [-0.25, -0.2) is 0 Å². The van der Waals surface area contributed by atoms with Crippen molar-refractivity contribution >= 4 is 33.8 Å². The monoisotopic (exact) mass is 460 g/mol. The van der Waals surface area contributed by atoms with Gasteiger partial charge < -0.3 is 34.8 Å². The molecule has 2 rings (SSSR count). The number of ether oxygens (including phenoxy) is 4. The van der Waals surface area contributed by atoms with Gasteiger partial charge in [0.05, 0.1) is 15.0 Å². The number of hydrogen-bond donors (Lipinski definition) is 2. The van der Waals surface area contributed by atoms with E-state index < -0.39 is 50.5 Å². The fraction of sp³-hybridized carbons (Fsp3) is 0.625. The Morgan fingerprint density at radius 2 is 1.38 bits per heavy atom. The quantitative estimate of drug-likeness (QED) is 0.176. The Bertz CT molecular complexity index is 943. The second kappa shape index (κ2) is 11.3. The fourth-order valence-electron chi connectivity index (χ4n) is 3.07. The van der Waals surface area contributed by atoms with Gasteiger partial charge in [-0.2, -0.15) is 0 Å². The summed E-state index contributed by atoms with van der Waals surface area (Å²) in [6, 6.07) is 0. The van der Waals surface area contributed by atoms with Gasteiger partial charge in [0.1, 0.15) is 0 Å². The van der Waals surface area contributed by atoms with Crippen molar-refractivity contribution in [1.29, 1.82) is 0 Å². The number of methoxy groups -OCH3 is 4. The molecule has 0 aliphatic heterocycles. The number of benzene rings is 1. The minimum Gasteiger partial charge on any atom is -0.375 e. The van der Waals surface area contributed by atoms with E-state index in [2.05, 4.69) is 20.4 Å². The Balaban J connectivity index is 2.58. The van der Waals surface area contributed by atoms with E-state index in [1.165, 1.54) is 28.4 Å². The number of anilines is 2. The average Bonchev–Trinajstić information content (AvgIpc) is 3.14. The van der Waals surface area contributed by atoms with Crippen molar-refractivity contribution in [3.8, 4) is 0 Å². The molecular weight excluding hydrogens is 436 g/mol. The van der Waals surface area contributed by atoms with Crippen molar-refractivity contribution in [3.05, 3.63) is 25.4 Å². The highest BCUT2D eigenvalue weighted by atomic mass is 16.8. The summed E-state index contributed by atoms with van der Waals surface area (Å²) >= 11 is 0. The van der Waals surface area contributed by atoms with Gasteiger partial charge in [0.25, 0.3) is 5.52 Å². The zero-order valence-electron chi connectivity index (χ0n) is 17.9. The molecule has 0 aliphatic rings. The maximum absolute atomic E-state index is 12.2. The second-order valence-electron chi connectivity index (χ2n) is 6.32. The Kier molecular flexibility index (Phi) is 8.82. The van der Waals surface area contributed by atoms with E-state index in [-0.39, 0.29) is 36.5 Å². The van der Waals surface area contributed by atoms with Crippen LogP contribution in [0.25, 0.3) is 11.0 Å². The summed E-state index contributed by atoms with van der Waals surface area (Å²) < 4.78 is 24.7. The highest BCUT2D eigenvalue weighted by Gasteiger charge is 2.40. The number of aromatic nitrogens is 2. The molecule has 0 aliphatic carbocycles. The summed E-state index contributed by atoms with van der Waals surface area (Å²) in [6.45, 7) is 0.0871. The third-order valence-electron chi connectivity index (χ3n) is 4.57.